The SMILES string of the molecule is CCC(Br)c1cn(CCC(F)(F)F)nn1. The Morgan fingerprint density at radius 3 is 2.73 bits per heavy atom. The molecule has 1 unspecified atom stereocenters. The van der Waals surface area contributed by atoms with Crippen LogP contribution in [-0.2, 0) is 6.54 Å². The van der Waals surface area contributed by atoms with Crippen molar-refractivity contribution in [2.75, 3.05) is 0 Å². The van der Waals surface area contributed by atoms with E-state index >= 15 is 0 Å². The van der Waals surface area contributed by atoms with E-state index in [1.807, 2.05) is 6.92 Å². The van der Waals surface area contributed by atoms with E-state index in [-0.39, 0.29) is 11.4 Å². The van der Waals surface area contributed by atoms with Gasteiger partial charge >= 0.3 is 6.18 Å². The summed E-state index contributed by atoms with van der Waals surface area (Å²) in [6.45, 7) is 1.77. The number of alkyl halides is 4. The van der Waals surface area contributed by atoms with Crippen molar-refractivity contribution in [2.45, 2.75) is 37.3 Å². The van der Waals surface area contributed by atoms with Crippen molar-refractivity contribution in [3.8, 4) is 0 Å². The minimum Gasteiger partial charge on any atom is -0.252 e. The maximum atomic E-state index is 11.9. The Morgan fingerprint density at radius 2 is 2.20 bits per heavy atom. The molecular formula is C8H11BrF3N3. The summed E-state index contributed by atoms with van der Waals surface area (Å²) in [7, 11) is 0. The molecule has 0 aliphatic heterocycles. The van der Waals surface area contributed by atoms with Gasteiger partial charge in [0.2, 0.25) is 0 Å². The molecule has 1 aromatic heterocycles. The Hall–Kier alpha value is -0.590. The van der Waals surface area contributed by atoms with Gasteiger partial charge in [0.1, 0.15) is 0 Å². The van der Waals surface area contributed by atoms with Crippen LogP contribution >= 0.6 is 15.9 Å². The molecule has 1 atom stereocenters. The van der Waals surface area contributed by atoms with Crippen LogP contribution in [0.4, 0.5) is 13.2 Å². The number of hydrogen-bond acceptors (Lipinski definition) is 2. The molecule has 1 rings (SSSR count). The first-order valence-electron chi connectivity index (χ1n) is 4.53. The highest BCUT2D eigenvalue weighted by Gasteiger charge is 2.27. The normalized spacial score (nSPS) is 14.2. The summed E-state index contributed by atoms with van der Waals surface area (Å²) in [6.07, 6.45) is -2.67. The van der Waals surface area contributed by atoms with Crippen LogP contribution in [0, 0.1) is 0 Å². The van der Waals surface area contributed by atoms with Crippen molar-refractivity contribution < 1.29 is 13.2 Å². The van der Waals surface area contributed by atoms with Crippen LogP contribution in [0.2, 0.25) is 0 Å². The van der Waals surface area contributed by atoms with E-state index in [1.165, 1.54) is 10.9 Å². The van der Waals surface area contributed by atoms with Crippen LogP contribution in [0.1, 0.15) is 30.3 Å². The van der Waals surface area contributed by atoms with E-state index in [2.05, 4.69) is 26.2 Å². The van der Waals surface area contributed by atoms with E-state index in [0.29, 0.717) is 5.69 Å². The summed E-state index contributed by atoms with van der Waals surface area (Å²) in [5.74, 6) is 0. The second kappa shape index (κ2) is 4.96. The van der Waals surface area contributed by atoms with Gasteiger partial charge in [0.05, 0.1) is 23.5 Å². The van der Waals surface area contributed by atoms with E-state index in [9.17, 15) is 13.2 Å². The molecule has 0 radical (unpaired) electrons. The molecule has 7 heteroatoms. The number of aromatic nitrogens is 3. The van der Waals surface area contributed by atoms with Crippen molar-refractivity contribution in [1.82, 2.24) is 15.0 Å². The molecule has 0 aromatic carbocycles. The molecule has 0 aliphatic rings. The first-order chi connectivity index (χ1) is 6.92. The van der Waals surface area contributed by atoms with Gasteiger partial charge in [-0.25, -0.2) is 0 Å². The predicted octanol–water partition coefficient (Wildman–Crippen LogP) is 3.08. The zero-order valence-electron chi connectivity index (χ0n) is 8.13. The summed E-state index contributed by atoms with van der Waals surface area (Å²) in [5, 5.41) is 7.41. The molecule has 0 saturated heterocycles. The largest absolute Gasteiger partial charge is 0.390 e. The monoisotopic (exact) mass is 285 g/mol. The van der Waals surface area contributed by atoms with Crippen LogP contribution in [0.5, 0.6) is 0 Å². The van der Waals surface area contributed by atoms with Gasteiger partial charge < -0.3 is 0 Å². The van der Waals surface area contributed by atoms with Gasteiger partial charge in [-0.3, -0.25) is 4.68 Å². The standard InChI is InChI=1S/C8H11BrF3N3/c1-2-6(9)7-5-15(14-13-7)4-3-8(10,11)12/h5-6H,2-4H2,1H3. The first-order valence-corrected chi connectivity index (χ1v) is 5.45. The molecule has 0 N–H and O–H groups in total. The number of aryl methyl sites for hydroxylation is 1. The van der Waals surface area contributed by atoms with Crippen LogP contribution in [0.15, 0.2) is 6.20 Å². The first kappa shape index (κ1) is 12.5. The van der Waals surface area contributed by atoms with Crippen molar-refractivity contribution in [2.24, 2.45) is 0 Å². The summed E-state index contributed by atoms with van der Waals surface area (Å²) < 4.78 is 36.9. The summed E-state index contributed by atoms with van der Waals surface area (Å²) >= 11 is 3.35. The van der Waals surface area contributed by atoms with Gasteiger partial charge in [-0.2, -0.15) is 13.2 Å². The molecule has 0 fully saturated rings. The molecule has 0 saturated carbocycles. The third kappa shape index (κ3) is 4.19. The Labute approximate surface area is 93.8 Å². The highest BCUT2D eigenvalue weighted by molar-refractivity contribution is 9.09. The van der Waals surface area contributed by atoms with Gasteiger partial charge in [-0.15, -0.1) is 5.10 Å². The summed E-state index contributed by atoms with van der Waals surface area (Å²) in [5.41, 5.74) is 0.666. The zero-order chi connectivity index (χ0) is 11.5. The number of halogens is 4. The molecule has 0 bridgehead atoms. The molecule has 0 aliphatic carbocycles. The van der Waals surface area contributed by atoms with Crippen LogP contribution in [0.3, 0.4) is 0 Å². The number of hydrogen-bond donors (Lipinski definition) is 0. The van der Waals surface area contributed by atoms with Gasteiger partial charge in [0.25, 0.3) is 0 Å². The predicted molar refractivity (Wildman–Crippen MR) is 52.7 cm³/mol. The topological polar surface area (TPSA) is 30.7 Å². The van der Waals surface area contributed by atoms with Gasteiger partial charge in [-0.1, -0.05) is 28.1 Å². The second-order valence-corrected chi connectivity index (χ2v) is 4.25. The van der Waals surface area contributed by atoms with Gasteiger partial charge in [0, 0.05) is 6.20 Å². The van der Waals surface area contributed by atoms with Crippen molar-refractivity contribution in [3.63, 3.8) is 0 Å². The Bertz CT molecular complexity index is 310. The third-order valence-electron chi connectivity index (χ3n) is 1.86. The van der Waals surface area contributed by atoms with Crippen LogP contribution < -0.4 is 0 Å². The minimum atomic E-state index is -4.15. The lowest BCUT2D eigenvalue weighted by Gasteiger charge is -2.04. The van der Waals surface area contributed by atoms with Crippen molar-refractivity contribution >= 4 is 15.9 Å². The molecular weight excluding hydrogens is 275 g/mol. The average Bonchev–Trinajstić information content (AvgIpc) is 2.61. The fraction of sp³-hybridized carbons (Fsp3) is 0.750. The average molecular weight is 286 g/mol. The Morgan fingerprint density at radius 1 is 1.53 bits per heavy atom. The minimum absolute atomic E-state index is 0.0529. The quantitative estimate of drug-likeness (QED) is 0.796. The maximum absolute atomic E-state index is 11.9. The summed E-state index contributed by atoms with van der Waals surface area (Å²) in [6, 6.07) is 0. The molecule has 0 spiro atoms. The number of rotatable bonds is 4. The van der Waals surface area contributed by atoms with Crippen LogP contribution in [0.25, 0.3) is 0 Å². The highest BCUT2D eigenvalue weighted by Crippen LogP contribution is 2.24. The summed E-state index contributed by atoms with van der Waals surface area (Å²) in [4.78, 5) is 0.0529. The number of nitrogens with zero attached hydrogens (tertiary/aromatic N) is 3. The van der Waals surface area contributed by atoms with E-state index in [0.717, 1.165) is 6.42 Å². The molecule has 3 nitrogen and oxygen atoms in total. The Balaban J connectivity index is 2.53. The van der Waals surface area contributed by atoms with Gasteiger partial charge in [0.15, 0.2) is 0 Å². The smallest absolute Gasteiger partial charge is 0.252 e. The fourth-order valence-corrected chi connectivity index (χ4v) is 1.23. The molecule has 1 heterocycles. The van der Waals surface area contributed by atoms with Crippen molar-refractivity contribution in [1.29, 1.82) is 0 Å². The lowest BCUT2D eigenvalue weighted by Crippen LogP contribution is -2.12. The second-order valence-electron chi connectivity index (χ2n) is 3.15. The van der Waals surface area contributed by atoms with Gasteiger partial charge in [-0.05, 0) is 6.42 Å². The van der Waals surface area contributed by atoms with Crippen molar-refractivity contribution in [3.05, 3.63) is 11.9 Å². The lowest BCUT2D eigenvalue weighted by atomic mass is 10.3. The maximum Gasteiger partial charge on any atom is 0.390 e. The fourth-order valence-electron chi connectivity index (χ4n) is 1.02. The molecule has 1 aromatic rings. The van der Waals surface area contributed by atoms with E-state index in [1.54, 1.807) is 0 Å². The molecule has 0 amide bonds. The van der Waals surface area contributed by atoms with E-state index in [4.69, 9.17) is 0 Å². The lowest BCUT2D eigenvalue weighted by molar-refractivity contribution is -0.137. The zero-order valence-corrected chi connectivity index (χ0v) is 9.72. The van der Waals surface area contributed by atoms with Crippen LogP contribution in [-0.4, -0.2) is 21.2 Å². The molecule has 86 valence electrons. The highest BCUT2D eigenvalue weighted by atomic mass is 79.9. The third-order valence-corrected chi connectivity index (χ3v) is 2.98. The Kier molecular flexibility index (Phi) is 4.12. The van der Waals surface area contributed by atoms with E-state index < -0.39 is 12.6 Å². The molecule has 15 heavy (non-hydrogen) atoms.